The van der Waals surface area contributed by atoms with Gasteiger partial charge in [0.1, 0.15) is 5.82 Å². The first-order chi connectivity index (χ1) is 18.5. The molecule has 3 amide bonds. The van der Waals surface area contributed by atoms with Gasteiger partial charge in [-0.15, -0.1) is 0 Å². The van der Waals surface area contributed by atoms with E-state index in [9.17, 15) is 18.8 Å². The van der Waals surface area contributed by atoms with E-state index in [-0.39, 0.29) is 18.8 Å². The first-order valence-corrected chi connectivity index (χ1v) is 12.0. The van der Waals surface area contributed by atoms with Crippen LogP contribution < -0.4 is 10.6 Å². The molecule has 192 valence electrons. The predicted molar refractivity (Wildman–Crippen MR) is 136 cm³/mol. The summed E-state index contributed by atoms with van der Waals surface area (Å²) < 4.78 is 24.6. The molecule has 5 rings (SSSR count). The van der Waals surface area contributed by atoms with Gasteiger partial charge in [-0.05, 0) is 53.1 Å². The molecule has 0 aliphatic carbocycles. The number of nitrogens with zero attached hydrogens (tertiary/aromatic N) is 1. The van der Waals surface area contributed by atoms with E-state index in [4.69, 9.17) is 9.15 Å². The summed E-state index contributed by atoms with van der Waals surface area (Å²) in [5, 5.41) is 5.61. The summed E-state index contributed by atoms with van der Waals surface area (Å²) in [6.45, 7) is 0.260. The molecule has 1 aliphatic heterocycles. The lowest BCUT2D eigenvalue weighted by molar-refractivity contribution is -0.126. The van der Waals surface area contributed by atoms with E-state index in [1.807, 2.05) is 30.3 Å². The minimum Gasteiger partial charge on any atom is -0.459 e. The van der Waals surface area contributed by atoms with Crippen molar-refractivity contribution in [2.45, 2.75) is 25.2 Å². The normalized spacial score (nSPS) is 16.7. The third-order valence-corrected chi connectivity index (χ3v) is 6.15. The average molecular weight is 514 g/mol. The van der Waals surface area contributed by atoms with Gasteiger partial charge in [0.15, 0.2) is 17.9 Å². The van der Waals surface area contributed by atoms with Gasteiger partial charge in [0.05, 0.1) is 12.8 Å². The van der Waals surface area contributed by atoms with Crippen molar-refractivity contribution in [1.29, 1.82) is 0 Å². The molecule has 3 aromatic carbocycles. The number of nitrogens with one attached hydrogen (secondary N) is 2. The molecule has 1 aliphatic rings. The fourth-order valence-electron chi connectivity index (χ4n) is 4.29. The molecule has 38 heavy (non-hydrogen) atoms. The van der Waals surface area contributed by atoms with E-state index >= 15 is 0 Å². The average Bonchev–Trinajstić information content (AvgIpc) is 3.57. The molecule has 9 heteroatoms. The molecule has 0 spiro atoms. The maximum absolute atomic E-state index is 13.8. The van der Waals surface area contributed by atoms with Crippen LogP contribution in [-0.2, 0) is 22.6 Å². The van der Waals surface area contributed by atoms with Gasteiger partial charge in [-0.3, -0.25) is 14.5 Å². The zero-order valence-electron chi connectivity index (χ0n) is 20.2. The van der Waals surface area contributed by atoms with Gasteiger partial charge in [0.2, 0.25) is 5.91 Å². The number of ether oxygens (including phenoxy) is 1. The molecule has 2 heterocycles. The third-order valence-electron chi connectivity index (χ3n) is 6.15. The Morgan fingerprint density at radius 2 is 1.66 bits per heavy atom. The molecule has 1 aromatic heterocycles. The minimum absolute atomic E-state index is 0.00615. The van der Waals surface area contributed by atoms with Gasteiger partial charge in [-0.2, -0.15) is 0 Å². The third kappa shape index (κ3) is 5.57. The molecule has 0 bridgehead atoms. The number of hydrogen-bond acceptors (Lipinski definition) is 5. The first kappa shape index (κ1) is 24.8. The van der Waals surface area contributed by atoms with Crippen molar-refractivity contribution in [2.24, 2.45) is 0 Å². The number of furan rings is 1. The number of anilines is 1. The second-order valence-electron chi connectivity index (χ2n) is 8.76. The number of halogens is 1. The van der Waals surface area contributed by atoms with Gasteiger partial charge in [0, 0.05) is 12.2 Å². The Morgan fingerprint density at radius 3 is 2.37 bits per heavy atom. The molecular formula is C29H24FN3O5. The standard InChI is InChI=1S/C29H24FN3O5/c30-22-9-4-8-20(16-22)18-33-25(28(35)31-17-19-6-2-1-3-7-19)26(38-29(33)36)21-11-13-23(14-12-21)32-27(34)24-10-5-15-37-24/h1-16,25-26H,17-18H2,(H,31,35)(H,32,34)/t25-,26-/m0/s1. The summed E-state index contributed by atoms with van der Waals surface area (Å²) >= 11 is 0. The predicted octanol–water partition coefficient (Wildman–Crippen LogP) is 5.05. The number of carbonyl (C=O) groups excluding carboxylic acids is 3. The zero-order chi connectivity index (χ0) is 26.5. The highest BCUT2D eigenvalue weighted by atomic mass is 19.1. The molecule has 2 atom stereocenters. The van der Waals surface area contributed by atoms with Crippen molar-refractivity contribution in [1.82, 2.24) is 10.2 Å². The van der Waals surface area contributed by atoms with Crippen molar-refractivity contribution in [3.05, 3.63) is 126 Å². The molecule has 8 nitrogen and oxygen atoms in total. The fourth-order valence-corrected chi connectivity index (χ4v) is 4.29. The Bertz CT molecular complexity index is 1420. The quantitative estimate of drug-likeness (QED) is 0.343. The topological polar surface area (TPSA) is 101 Å². The lowest BCUT2D eigenvalue weighted by Gasteiger charge is -2.24. The van der Waals surface area contributed by atoms with Crippen molar-refractivity contribution < 1.29 is 27.9 Å². The maximum atomic E-state index is 13.8. The van der Waals surface area contributed by atoms with Crippen LogP contribution in [0.15, 0.2) is 102 Å². The molecule has 0 unspecified atom stereocenters. The molecular weight excluding hydrogens is 489 g/mol. The summed E-state index contributed by atoms with van der Waals surface area (Å²) in [7, 11) is 0. The smallest absolute Gasteiger partial charge is 0.411 e. The molecule has 2 N–H and O–H groups in total. The Labute approximate surface area is 218 Å². The van der Waals surface area contributed by atoms with Gasteiger partial charge in [-0.25, -0.2) is 9.18 Å². The van der Waals surface area contributed by atoms with Crippen molar-refractivity contribution in [3.63, 3.8) is 0 Å². The number of cyclic esters (lactones) is 1. The lowest BCUT2D eigenvalue weighted by atomic mass is 10.00. The highest BCUT2D eigenvalue weighted by Crippen LogP contribution is 2.34. The summed E-state index contributed by atoms with van der Waals surface area (Å²) in [5.74, 6) is -1.09. The van der Waals surface area contributed by atoms with E-state index in [0.717, 1.165) is 5.56 Å². The van der Waals surface area contributed by atoms with E-state index < -0.39 is 35.9 Å². The van der Waals surface area contributed by atoms with Gasteiger partial charge in [0.25, 0.3) is 5.91 Å². The summed E-state index contributed by atoms with van der Waals surface area (Å²) in [6, 6.07) is 24.1. The SMILES string of the molecule is O=C(Nc1ccc([C@@H]2OC(=O)N(Cc3cccc(F)c3)[C@@H]2C(=O)NCc2ccccc2)cc1)c1ccco1. The van der Waals surface area contributed by atoms with Crippen molar-refractivity contribution in [3.8, 4) is 0 Å². The van der Waals surface area contributed by atoms with Crippen LogP contribution in [0.3, 0.4) is 0 Å². The molecule has 4 aromatic rings. The van der Waals surface area contributed by atoms with Crippen molar-refractivity contribution >= 4 is 23.6 Å². The van der Waals surface area contributed by atoms with Crippen LogP contribution in [0, 0.1) is 5.82 Å². The lowest BCUT2D eigenvalue weighted by Crippen LogP contribution is -2.46. The van der Waals surface area contributed by atoms with Crippen LogP contribution in [-0.4, -0.2) is 28.8 Å². The highest BCUT2D eigenvalue weighted by Gasteiger charge is 2.47. The van der Waals surface area contributed by atoms with Gasteiger partial charge >= 0.3 is 6.09 Å². The summed E-state index contributed by atoms with van der Waals surface area (Å²) in [5.41, 5.74) is 2.49. The van der Waals surface area contributed by atoms with Crippen LogP contribution in [0.2, 0.25) is 0 Å². The largest absolute Gasteiger partial charge is 0.459 e. The van der Waals surface area contributed by atoms with Crippen LogP contribution in [0.25, 0.3) is 0 Å². The van der Waals surface area contributed by atoms with E-state index in [2.05, 4.69) is 10.6 Å². The summed E-state index contributed by atoms with van der Waals surface area (Å²) in [6.07, 6.45) is -0.193. The Hall–Kier alpha value is -4.92. The van der Waals surface area contributed by atoms with Crippen LogP contribution in [0.5, 0.6) is 0 Å². The maximum Gasteiger partial charge on any atom is 0.411 e. The number of rotatable bonds is 8. The first-order valence-electron chi connectivity index (χ1n) is 12.0. The molecule has 0 saturated carbocycles. The van der Waals surface area contributed by atoms with Crippen molar-refractivity contribution in [2.75, 3.05) is 5.32 Å². The van der Waals surface area contributed by atoms with E-state index in [0.29, 0.717) is 16.8 Å². The second-order valence-corrected chi connectivity index (χ2v) is 8.76. The highest BCUT2D eigenvalue weighted by molar-refractivity contribution is 6.02. The van der Waals surface area contributed by atoms with E-state index in [1.54, 1.807) is 48.5 Å². The van der Waals surface area contributed by atoms with Gasteiger partial charge in [-0.1, -0.05) is 54.6 Å². The van der Waals surface area contributed by atoms with Crippen LogP contribution >= 0.6 is 0 Å². The zero-order valence-corrected chi connectivity index (χ0v) is 20.2. The minimum atomic E-state index is -1.00. The number of benzene rings is 3. The van der Waals surface area contributed by atoms with Crippen LogP contribution in [0.1, 0.15) is 33.3 Å². The Balaban J connectivity index is 1.37. The molecule has 1 fully saturated rings. The fraction of sp³-hybridized carbons (Fsp3) is 0.138. The van der Waals surface area contributed by atoms with E-state index in [1.165, 1.54) is 23.3 Å². The second kappa shape index (κ2) is 11.0. The molecule has 0 radical (unpaired) electrons. The Morgan fingerprint density at radius 1 is 0.895 bits per heavy atom. The number of hydrogen-bond donors (Lipinski definition) is 2. The monoisotopic (exact) mass is 513 g/mol. The van der Waals surface area contributed by atoms with Gasteiger partial charge < -0.3 is 19.8 Å². The molecule has 1 saturated heterocycles. The Kier molecular flexibility index (Phi) is 7.17. The summed E-state index contributed by atoms with van der Waals surface area (Å²) in [4.78, 5) is 39.9. The number of amides is 3. The number of carbonyl (C=O) groups is 3. The van der Waals surface area contributed by atoms with Crippen LogP contribution in [0.4, 0.5) is 14.9 Å².